The van der Waals surface area contributed by atoms with Crippen LogP contribution in [0.25, 0.3) is 0 Å². The molecule has 19 heavy (non-hydrogen) atoms. The van der Waals surface area contributed by atoms with E-state index in [0.29, 0.717) is 0 Å². The summed E-state index contributed by atoms with van der Waals surface area (Å²) < 4.78 is 0. The SMILES string of the molecule is CCN(CCCN(C)C)c1ccc(C(=N)N)c(C)c1. The largest absolute Gasteiger partial charge is 0.384 e. The van der Waals surface area contributed by atoms with Crippen LogP contribution in [0.15, 0.2) is 18.2 Å². The van der Waals surface area contributed by atoms with Crippen molar-refractivity contribution in [3.05, 3.63) is 29.3 Å². The molecule has 0 saturated carbocycles. The lowest BCUT2D eigenvalue weighted by molar-refractivity contribution is 0.400. The van der Waals surface area contributed by atoms with Gasteiger partial charge in [-0.25, -0.2) is 0 Å². The minimum absolute atomic E-state index is 0.139. The Bertz CT molecular complexity index is 426. The summed E-state index contributed by atoms with van der Waals surface area (Å²) in [5.74, 6) is 0.139. The molecule has 4 nitrogen and oxygen atoms in total. The van der Waals surface area contributed by atoms with Crippen LogP contribution in [-0.2, 0) is 0 Å². The van der Waals surface area contributed by atoms with E-state index in [9.17, 15) is 0 Å². The molecule has 0 aromatic heterocycles. The van der Waals surface area contributed by atoms with Gasteiger partial charge < -0.3 is 15.5 Å². The maximum atomic E-state index is 7.52. The smallest absolute Gasteiger partial charge is 0.123 e. The van der Waals surface area contributed by atoms with Crippen LogP contribution in [0.5, 0.6) is 0 Å². The third-order valence-corrected chi connectivity index (χ3v) is 3.28. The minimum Gasteiger partial charge on any atom is -0.384 e. The molecule has 0 unspecified atom stereocenters. The second-order valence-electron chi connectivity index (χ2n) is 5.15. The zero-order chi connectivity index (χ0) is 14.4. The number of nitrogens with two attached hydrogens (primary N) is 1. The first-order valence-electron chi connectivity index (χ1n) is 6.80. The van der Waals surface area contributed by atoms with Gasteiger partial charge in [0.05, 0.1) is 0 Å². The topological polar surface area (TPSA) is 56.4 Å². The third-order valence-electron chi connectivity index (χ3n) is 3.28. The van der Waals surface area contributed by atoms with Crippen molar-refractivity contribution in [1.82, 2.24) is 4.90 Å². The van der Waals surface area contributed by atoms with Crippen LogP contribution in [0.1, 0.15) is 24.5 Å². The van der Waals surface area contributed by atoms with E-state index in [1.54, 1.807) is 0 Å². The minimum atomic E-state index is 0.139. The summed E-state index contributed by atoms with van der Waals surface area (Å²) in [6.45, 7) is 7.32. The zero-order valence-electron chi connectivity index (χ0n) is 12.5. The van der Waals surface area contributed by atoms with E-state index < -0.39 is 0 Å². The predicted octanol–water partition coefficient (Wildman–Crippen LogP) is 2.06. The summed E-state index contributed by atoms with van der Waals surface area (Å²) in [5.41, 5.74) is 8.66. The Morgan fingerprint density at radius 2 is 1.95 bits per heavy atom. The molecule has 1 aromatic rings. The highest BCUT2D eigenvalue weighted by Gasteiger charge is 2.08. The highest BCUT2D eigenvalue weighted by atomic mass is 15.1. The average molecular weight is 262 g/mol. The van der Waals surface area contributed by atoms with Crippen LogP contribution < -0.4 is 10.6 Å². The first kappa shape index (κ1) is 15.5. The Morgan fingerprint density at radius 1 is 1.26 bits per heavy atom. The normalized spacial score (nSPS) is 10.8. The maximum absolute atomic E-state index is 7.52. The molecule has 0 aliphatic carbocycles. The van der Waals surface area contributed by atoms with E-state index in [-0.39, 0.29) is 5.84 Å². The van der Waals surface area contributed by atoms with E-state index in [1.807, 2.05) is 13.0 Å². The van der Waals surface area contributed by atoms with Gasteiger partial charge in [-0.15, -0.1) is 0 Å². The van der Waals surface area contributed by atoms with Gasteiger partial charge in [0.25, 0.3) is 0 Å². The summed E-state index contributed by atoms with van der Waals surface area (Å²) in [6, 6.07) is 6.13. The van der Waals surface area contributed by atoms with Crippen molar-refractivity contribution < 1.29 is 0 Å². The number of benzene rings is 1. The Morgan fingerprint density at radius 3 is 2.42 bits per heavy atom. The highest BCUT2D eigenvalue weighted by Crippen LogP contribution is 2.19. The van der Waals surface area contributed by atoms with Crippen molar-refractivity contribution in [1.29, 1.82) is 5.41 Å². The molecule has 0 fully saturated rings. The Hall–Kier alpha value is -1.55. The number of rotatable bonds is 7. The molecule has 0 bridgehead atoms. The van der Waals surface area contributed by atoms with Gasteiger partial charge in [0.2, 0.25) is 0 Å². The quantitative estimate of drug-likeness (QED) is 0.584. The molecular weight excluding hydrogens is 236 g/mol. The van der Waals surface area contributed by atoms with E-state index in [2.05, 4.69) is 43.0 Å². The van der Waals surface area contributed by atoms with Gasteiger partial charge in [0.15, 0.2) is 0 Å². The fraction of sp³-hybridized carbons (Fsp3) is 0.533. The van der Waals surface area contributed by atoms with Gasteiger partial charge in [0.1, 0.15) is 5.84 Å². The summed E-state index contributed by atoms with van der Waals surface area (Å²) in [5, 5.41) is 7.52. The molecule has 3 N–H and O–H groups in total. The molecule has 106 valence electrons. The van der Waals surface area contributed by atoms with E-state index in [1.165, 1.54) is 5.69 Å². The molecule has 0 atom stereocenters. The van der Waals surface area contributed by atoms with Crippen molar-refractivity contribution >= 4 is 11.5 Å². The molecule has 4 heteroatoms. The van der Waals surface area contributed by atoms with Gasteiger partial charge in [-0.3, -0.25) is 5.41 Å². The third kappa shape index (κ3) is 4.56. The van der Waals surface area contributed by atoms with Crippen LogP contribution in [0, 0.1) is 12.3 Å². The van der Waals surface area contributed by atoms with E-state index >= 15 is 0 Å². The summed E-state index contributed by atoms with van der Waals surface area (Å²) in [6.07, 6.45) is 1.15. The predicted molar refractivity (Wildman–Crippen MR) is 83.3 cm³/mol. The Balaban J connectivity index is 2.76. The molecule has 1 rings (SSSR count). The monoisotopic (exact) mass is 262 g/mol. The number of nitrogens with zero attached hydrogens (tertiary/aromatic N) is 2. The summed E-state index contributed by atoms with van der Waals surface area (Å²) in [7, 11) is 4.20. The van der Waals surface area contributed by atoms with Gasteiger partial charge in [0, 0.05) is 24.3 Å². The maximum Gasteiger partial charge on any atom is 0.123 e. The fourth-order valence-corrected chi connectivity index (χ4v) is 2.19. The molecular formula is C15H26N4. The molecule has 0 aliphatic rings. The number of anilines is 1. The number of hydrogen-bond acceptors (Lipinski definition) is 3. The van der Waals surface area contributed by atoms with Crippen LogP contribution >= 0.6 is 0 Å². The standard InChI is InChI=1S/C15H26N4/c1-5-19(10-6-9-18(3)4)13-7-8-14(15(16)17)12(2)11-13/h7-8,11H,5-6,9-10H2,1-4H3,(H3,16,17). The van der Waals surface area contributed by atoms with Crippen molar-refractivity contribution in [3.63, 3.8) is 0 Å². The molecule has 1 aromatic carbocycles. The lowest BCUT2D eigenvalue weighted by Crippen LogP contribution is -2.27. The van der Waals surface area contributed by atoms with Gasteiger partial charge in [-0.05, 0) is 64.7 Å². The summed E-state index contributed by atoms with van der Waals surface area (Å²) >= 11 is 0. The number of nitrogen functional groups attached to an aromatic ring is 1. The molecule has 0 spiro atoms. The van der Waals surface area contributed by atoms with Crippen molar-refractivity contribution in [2.75, 3.05) is 38.6 Å². The number of amidine groups is 1. The van der Waals surface area contributed by atoms with Crippen molar-refractivity contribution in [2.45, 2.75) is 20.3 Å². The first-order chi connectivity index (χ1) is 8.95. The van der Waals surface area contributed by atoms with Crippen molar-refractivity contribution in [3.8, 4) is 0 Å². The van der Waals surface area contributed by atoms with Gasteiger partial charge in [-0.2, -0.15) is 0 Å². The second kappa shape index (κ2) is 7.14. The van der Waals surface area contributed by atoms with Gasteiger partial charge in [-0.1, -0.05) is 0 Å². The van der Waals surface area contributed by atoms with Crippen LogP contribution in [0.3, 0.4) is 0 Å². The van der Waals surface area contributed by atoms with E-state index in [4.69, 9.17) is 11.1 Å². The van der Waals surface area contributed by atoms with Crippen LogP contribution in [-0.4, -0.2) is 44.5 Å². The highest BCUT2D eigenvalue weighted by molar-refractivity contribution is 5.96. The second-order valence-corrected chi connectivity index (χ2v) is 5.15. The number of nitrogens with one attached hydrogen (secondary N) is 1. The van der Waals surface area contributed by atoms with Crippen LogP contribution in [0.4, 0.5) is 5.69 Å². The average Bonchev–Trinajstić information content (AvgIpc) is 2.33. The number of aryl methyl sites for hydroxylation is 1. The first-order valence-corrected chi connectivity index (χ1v) is 6.80. The Kier molecular flexibility index (Phi) is 5.83. The summed E-state index contributed by atoms with van der Waals surface area (Å²) in [4.78, 5) is 4.57. The van der Waals surface area contributed by atoms with E-state index in [0.717, 1.165) is 37.2 Å². The molecule has 0 amide bonds. The molecule has 0 aliphatic heterocycles. The van der Waals surface area contributed by atoms with Crippen LogP contribution in [0.2, 0.25) is 0 Å². The van der Waals surface area contributed by atoms with Crippen molar-refractivity contribution in [2.24, 2.45) is 5.73 Å². The zero-order valence-corrected chi connectivity index (χ0v) is 12.5. The molecule has 0 heterocycles. The Labute approximate surface area is 116 Å². The van der Waals surface area contributed by atoms with Gasteiger partial charge >= 0.3 is 0 Å². The molecule has 0 radical (unpaired) electrons. The lowest BCUT2D eigenvalue weighted by Gasteiger charge is -2.24. The number of hydrogen-bond donors (Lipinski definition) is 2. The molecule has 0 saturated heterocycles. The fourth-order valence-electron chi connectivity index (χ4n) is 2.19. The lowest BCUT2D eigenvalue weighted by atomic mass is 10.1.